The molecule has 6 nitrogen and oxygen atoms in total. The van der Waals surface area contributed by atoms with E-state index in [1.807, 2.05) is 12.1 Å². The lowest BCUT2D eigenvalue weighted by molar-refractivity contribution is 0.101. The van der Waals surface area contributed by atoms with Crippen LogP contribution in [0.2, 0.25) is 0 Å². The normalized spacial score (nSPS) is 14.0. The van der Waals surface area contributed by atoms with E-state index in [9.17, 15) is 4.79 Å². The molecule has 3 rings (SSSR count). The summed E-state index contributed by atoms with van der Waals surface area (Å²) in [5.41, 5.74) is 0.696. The van der Waals surface area contributed by atoms with Crippen LogP contribution in [0.1, 0.15) is 48.5 Å². The molecule has 2 aromatic rings. The fourth-order valence-electron chi connectivity index (χ4n) is 1.96. The predicted octanol–water partition coefficient (Wildman–Crippen LogP) is 2.72. The second-order valence-electron chi connectivity index (χ2n) is 5.15. The zero-order valence-corrected chi connectivity index (χ0v) is 11.9. The van der Waals surface area contributed by atoms with E-state index in [-0.39, 0.29) is 11.7 Å². The van der Waals surface area contributed by atoms with Crippen LogP contribution in [-0.2, 0) is 0 Å². The summed E-state index contributed by atoms with van der Waals surface area (Å²) in [4.78, 5) is 16.3. The molecule has 0 spiro atoms. The Balaban J connectivity index is 1.60. The van der Waals surface area contributed by atoms with E-state index in [4.69, 9.17) is 4.74 Å². The highest BCUT2D eigenvalue weighted by Gasteiger charge is 2.28. The van der Waals surface area contributed by atoms with Crippen LogP contribution in [0.15, 0.2) is 24.3 Å². The van der Waals surface area contributed by atoms with E-state index < -0.39 is 0 Å². The number of nitrogens with one attached hydrogen (secondary N) is 2. The number of hydrogen-bond acceptors (Lipinski definition) is 4. The Bertz CT molecular complexity index is 617. The van der Waals surface area contributed by atoms with Gasteiger partial charge < -0.3 is 10.1 Å². The first-order valence-electron chi connectivity index (χ1n) is 7.22. The maximum atomic E-state index is 12.0. The number of aromatic amines is 1. The molecule has 1 aliphatic carbocycles. The van der Waals surface area contributed by atoms with Gasteiger partial charge in [0.15, 0.2) is 0 Å². The maximum Gasteiger partial charge on any atom is 0.295 e. The molecule has 0 saturated heterocycles. The van der Waals surface area contributed by atoms with Gasteiger partial charge in [-0.1, -0.05) is 6.92 Å². The lowest BCUT2D eigenvalue weighted by Crippen LogP contribution is -2.13. The van der Waals surface area contributed by atoms with E-state index in [1.165, 1.54) is 0 Å². The monoisotopic (exact) mass is 286 g/mol. The average molecular weight is 286 g/mol. The fraction of sp³-hybridized carbons (Fsp3) is 0.400. The summed E-state index contributed by atoms with van der Waals surface area (Å²) < 4.78 is 5.49. The number of carbonyl (C=O) groups is 1. The Morgan fingerprint density at radius 3 is 2.81 bits per heavy atom. The first-order chi connectivity index (χ1) is 10.3. The van der Waals surface area contributed by atoms with Crippen LogP contribution in [0, 0.1) is 0 Å². The second kappa shape index (κ2) is 5.95. The van der Waals surface area contributed by atoms with Crippen LogP contribution in [-0.4, -0.2) is 27.7 Å². The SMILES string of the molecule is CCCOc1ccc(NC(=O)c2n[nH]c(C3CC3)n2)cc1. The van der Waals surface area contributed by atoms with E-state index >= 15 is 0 Å². The number of ether oxygens (including phenoxy) is 1. The zero-order valence-electron chi connectivity index (χ0n) is 11.9. The van der Waals surface area contributed by atoms with Gasteiger partial charge in [0, 0.05) is 11.6 Å². The topological polar surface area (TPSA) is 79.9 Å². The van der Waals surface area contributed by atoms with Gasteiger partial charge in [-0.2, -0.15) is 0 Å². The Hall–Kier alpha value is -2.37. The molecular formula is C15H18N4O2. The Morgan fingerprint density at radius 1 is 1.38 bits per heavy atom. The highest BCUT2D eigenvalue weighted by Crippen LogP contribution is 2.37. The van der Waals surface area contributed by atoms with E-state index in [0.29, 0.717) is 18.2 Å². The Morgan fingerprint density at radius 2 is 2.14 bits per heavy atom. The van der Waals surface area contributed by atoms with Crippen LogP contribution in [0.5, 0.6) is 5.75 Å². The number of amides is 1. The van der Waals surface area contributed by atoms with Crippen molar-refractivity contribution in [2.45, 2.75) is 32.1 Å². The molecule has 0 atom stereocenters. The zero-order chi connectivity index (χ0) is 14.7. The van der Waals surface area contributed by atoms with Crippen molar-refractivity contribution in [2.24, 2.45) is 0 Å². The standard InChI is InChI=1S/C15H18N4O2/c1-2-9-21-12-7-5-11(6-8-12)16-15(20)14-17-13(18-19-14)10-3-4-10/h5-8,10H,2-4,9H2,1H3,(H,16,20)(H,17,18,19). The van der Waals surface area contributed by atoms with Crippen molar-refractivity contribution in [3.63, 3.8) is 0 Å². The summed E-state index contributed by atoms with van der Waals surface area (Å²) in [7, 11) is 0. The van der Waals surface area contributed by atoms with Crippen LogP contribution in [0.3, 0.4) is 0 Å². The number of aromatic nitrogens is 3. The molecular weight excluding hydrogens is 268 g/mol. The Kier molecular flexibility index (Phi) is 3.85. The third-order valence-electron chi connectivity index (χ3n) is 3.25. The number of nitrogens with zero attached hydrogens (tertiary/aromatic N) is 2. The smallest absolute Gasteiger partial charge is 0.295 e. The molecule has 110 valence electrons. The minimum atomic E-state index is -0.305. The lowest BCUT2D eigenvalue weighted by Gasteiger charge is -2.06. The third kappa shape index (κ3) is 3.39. The molecule has 1 amide bonds. The van der Waals surface area contributed by atoms with Crippen molar-refractivity contribution in [2.75, 3.05) is 11.9 Å². The first kappa shape index (κ1) is 13.6. The number of anilines is 1. The Labute approximate surface area is 122 Å². The molecule has 1 fully saturated rings. The van der Waals surface area contributed by atoms with Gasteiger partial charge in [-0.25, -0.2) is 4.98 Å². The highest BCUT2D eigenvalue weighted by atomic mass is 16.5. The van der Waals surface area contributed by atoms with Crippen molar-refractivity contribution >= 4 is 11.6 Å². The molecule has 1 aliphatic rings. The van der Waals surface area contributed by atoms with Gasteiger partial charge >= 0.3 is 0 Å². The highest BCUT2D eigenvalue weighted by molar-refractivity contribution is 6.01. The average Bonchev–Trinajstić information content (AvgIpc) is 3.23. The second-order valence-corrected chi connectivity index (χ2v) is 5.15. The summed E-state index contributed by atoms with van der Waals surface area (Å²) in [6.45, 7) is 2.74. The van der Waals surface area contributed by atoms with Gasteiger partial charge in [0.25, 0.3) is 5.91 Å². The van der Waals surface area contributed by atoms with Crippen LogP contribution >= 0.6 is 0 Å². The largest absolute Gasteiger partial charge is 0.494 e. The summed E-state index contributed by atoms with van der Waals surface area (Å²) in [6, 6.07) is 7.27. The maximum absolute atomic E-state index is 12.0. The number of carbonyl (C=O) groups excluding carboxylic acids is 1. The van der Waals surface area contributed by atoms with Gasteiger partial charge in [0.2, 0.25) is 5.82 Å². The minimum Gasteiger partial charge on any atom is -0.494 e. The van der Waals surface area contributed by atoms with Crippen LogP contribution in [0.25, 0.3) is 0 Å². The van der Waals surface area contributed by atoms with Gasteiger partial charge in [-0.15, -0.1) is 5.10 Å². The molecule has 1 heterocycles. The summed E-state index contributed by atoms with van der Waals surface area (Å²) in [6.07, 6.45) is 3.21. The van der Waals surface area contributed by atoms with E-state index in [0.717, 1.165) is 30.8 Å². The quantitative estimate of drug-likeness (QED) is 0.855. The van der Waals surface area contributed by atoms with E-state index in [1.54, 1.807) is 12.1 Å². The van der Waals surface area contributed by atoms with Gasteiger partial charge in [-0.05, 0) is 43.5 Å². The molecule has 0 aliphatic heterocycles. The molecule has 21 heavy (non-hydrogen) atoms. The summed E-state index contributed by atoms with van der Waals surface area (Å²) in [5.74, 6) is 1.94. The first-order valence-corrected chi connectivity index (χ1v) is 7.22. The molecule has 0 radical (unpaired) electrons. The fourth-order valence-corrected chi connectivity index (χ4v) is 1.96. The number of rotatable bonds is 6. The summed E-state index contributed by atoms with van der Waals surface area (Å²) in [5, 5.41) is 9.56. The van der Waals surface area contributed by atoms with Gasteiger partial charge in [0.05, 0.1) is 6.61 Å². The lowest BCUT2D eigenvalue weighted by atomic mass is 10.3. The van der Waals surface area contributed by atoms with Crippen molar-refractivity contribution in [1.82, 2.24) is 15.2 Å². The molecule has 1 aromatic heterocycles. The van der Waals surface area contributed by atoms with Crippen molar-refractivity contribution < 1.29 is 9.53 Å². The van der Waals surface area contributed by atoms with E-state index in [2.05, 4.69) is 27.4 Å². The van der Waals surface area contributed by atoms with Gasteiger partial charge in [-0.3, -0.25) is 9.89 Å². The van der Waals surface area contributed by atoms with Crippen molar-refractivity contribution in [3.05, 3.63) is 35.9 Å². The number of benzene rings is 1. The third-order valence-corrected chi connectivity index (χ3v) is 3.25. The molecule has 1 aromatic carbocycles. The van der Waals surface area contributed by atoms with Crippen molar-refractivity contribution in [1.29, 1.82) is 0 Å². The van der Waals surface area contributed by atoms with Crippen LogP contribution < -0.4 is 10.1 Å². The van der Waals surface area contributed by atoms with Crippen molar-refractivity contribution in [3.8, 4) is 5.75 Å². The number of H-pyrrole nitrogens is 1. The minimum absolute atomic E-state index is 0.184. The van der Waals surface area contributed by atoms with Crippen LogP contribution in [0.4, 0.5) is 5.69 Å². The van der Waals surface area contributed by atoms with Gasteiger partial charge in [0.1, 0.15) is 11.6 Å². The number of hydrogen-bond donors (Lipinski definition) is 2. The summed E-state index contributed by atoms with van der Waals surface area (Å²) >= 11 is 0. The predicted molar refractivity (Wildman–Crippen MR) is 78.5 cm³/mol. The molecule has 6 heteroatoms. The molecule has 2 N–H and O–H groups in total. The molecule has 0 bridgehead atoms. The molecule has 1 saturated carbocycles. The molecule has 0 unspecified atom stereocenters.